The minimum atomic E-state index is -3.61. The van der Waals surface area contributed by atoms with Crippen molar-refractivity contribution in [3.05, 3.63) is 65.4 Å². The van der Waals surface area contributed by atoms with Crippen molar-refractivity contribution >= 4 is 26.9 Å². The number of carbonyl (C=O) groups excluding carboxylic acids is 1. The predicted molar refractivity (Wildman–Crippen MR) is 127 cm³/mol. The van der Waals surface area contributed by atoms with Crippen molar-refractivity contribution in [3.63, 3.8) is 0 Å². The summed E-state index contributed by atoms with van der Waals surface area (Å²) in [6.07, 6.45) is 0.999. The Morgan fingerprint density at radius 3 is 2.36 bits per heavy atom. The second-order valence-corrected chi connectivity index (χ2v) is 10.4. The van der Waals surface area contributed by atoms with Crippen molar-refractivity contribution in [1.82, 2.24) is 9.21 Å². The third-order valence-corrected chi connectivity index (χ3v) is 8.32. The highest BCUT2D eigenvalue weighted by atomic mass is 32.2. The highest BCUT2D eigenvalue weighted by Crippen LogP contribution is 2.28. The molecule has 4 rings (SSSR count). The van der Waals surface area contributed by atoms with Gasteiger partial charge in [0.25, 0.3) is 5.91 Å². The topological polar surface area (TPSA) is 80.1 Å². The number of fused-ring (bicyclic) bond motifs is 1. The van der Waals surface area contributed by atoms with E-state index in [0.717, 1.165) is 22.9 Å². The molecule has 1 aliphatic rings. The zero-order valence-corrected chi connectivity index (χ0v) is 20.1. The van der Waals surface area contributed by atoms with Gasteiger partial charge in [0.2, 0.25) is 10.0 Å². The van der Waals surface area contributed by atoms with Crippen LogP contribution in [0.25, 0.3) is 11.0 Å². The molecule has 0 spiro atoms. The number of carbonyl (C=O) groups is 1. The molecule has 2 aromatic carbocycles. The van der Waals surface area contributed by atoms with Gasteiger partial charge >= 0.3 is 0 Å². The Kier molecular flexibility index (Phi) is 6.88. The second kappa shape index (κ2) is 9.67. The molecule has 0 aliphatic carbocycles. The number of sulfonamides is 1. The van der Waals surface area contributed by atoms with Gasteiger partial charge < -0.3 is 14.1 Å². The Bertz CT molecular complexity index is 1230. The molecular formula is C25H30N2O5S. The monoisotopic (exact) mass is 470 g/mol. The van der Waals surface area contributed by atoms with Gasteiger partial charge in [0.1, 0.15) is 5.58 Å². The molecule has 1 aliphatic heterocycles. The third kappa shape index (κ3) is 4.55. The third-order valence-electron chi connectivity index (χ3n) is 6.41. The summed E-state index contributed by atoms with van der Waals surface area (Å²) in [7, 11) is -2.03. The Morgan fingerprint density at radius 2 is 1.73 bits per heavy atom. The number of nitrogens with zero attached hydrogens (tertiary/aromatic N) is 2. The second-order valence-electron chi connectivity index (χ2n) is 8.41. The van der Waals surface area contributed by atoms with Crippen LogP contribution in [-0.2, 0) is 21.4 Å². The van der Waals surface area contributed by atoms with Gasteiger partial charge in [0, 0.05) is 44.2 Å². The number of para-hydroxylation sites is 1. The molecule has 2 heterocycles. The van der Waals surface area contributed by atoms with Gasteiger partial charge in [0.05, 0.1) is 11.5 Å². The maximum atomic E-state index is 13.2. The van der Waals surface area contributed by atoms with Gasteiger partial charge in [0.15, 0.2) is 5.76 Å². The fraction of sp³-hybridized carbons (Fsp3) is 0.400. The van der Waals surface area contributed by atoms with Crippen LogP contribution in [0.1, 0.15) is 47.9 Å². The lowest BCUT2D eigenvalue weighted by atomic mass is 9.99. The molecule has 1 saturated heterocycles. The number of amides is 1. The Labute approximate surface area is 195 Å². The van der Waals surface area contributed by atoms with Crippen molar-refractivity contribution in [2.24, 2.45) is 0 Å². The molecule has 1 unspecified atom stereocenters. The molecule has 176 valence electrons. The molecule has 0 saturated carbocycles. The van der Waals surface area contributed by atoms with Gasteiger partial charge in [-0.2, -0.15) is 4.31 Å². The van der Waals surface area contributed by atoms with Crippen LogP contribution in [0.3, 0.4) is 0 Å². The molecule has 1 aromatic heterocycles. The van der Waals surface area contributed by atoms with E-state index >= 15 is 0 Å². The van der Waals surface area contributed by atoms with Gasteiger partial charge in [-0.3, -0.25) is 4.79 Å². The molecular weight excluding hydrogens is 440 g/mol. The van der Waals surface area contributed by atoms with Crippen LogP contribution < -0.4 is 0 Å². The maximum Gasteiger partial charge on any atom is 0.290 e. The van der Waals surface area contributed by atoms with Crippen molar-refractivity contribution in [3.8, 4) is 0 Å². The summed E-state index contributed by atoms with van der Waals surface area (Å²) in [4.78, 5) is 15.2. The van der Waals surface area contributed by atoms with E-state index in [1.807, 2.05) is 36.4 Å². The SMILES string of the molecule is CCC(C)c1ccc(S(=O)(=O)N2CCN(C(=O)c3oc4ccccc4c3COC)CC2)cc1. The fourth-order valence-corrected chi connectivity index (χ4v) is 5.61. The van der Waals surface area contributed by atoms with Crippen LogP contribution in [0.15, 0.2) is 57.8 Å². The first-order chi connectivity index (χ1) is 15.9. The van der Waals surface area contributed by atoms with E-state index in [1.54, 1.807) is 24.1 Å². The average molecular weight is 471 g/mol. The summed E-state index contributed by atoms with van der Waals surface area (Å²) < 4.78 is 38.9. The zero-order valence-electron chi connectivity index (χ0n) is 19.3. The van der Waals surface area contributed by atoms with E-state index in [-0.39, 0.29) is 36.3 Å². The minimum Gasteiger partial charge on any atom is -0.451 e. The largest absolute Gasteiger partial charge is 0.451 e. The predicted octanol–water partition coefficient (Wildman–Crippen LogP) is 4.24. The van der Waals surface area contributed by atoms with Crippen LogP contribution in [0, 0.1) is 0 Å². The Hall–Kier alpha value is -2.68. The molecule has 3 aromatic rings. The fourth-order valence-electron chi connectivity index (χ4n) is 4.19. The number of ether oxygens (including phenoxy) is 1. The van der Waals surface area contributed by atoms with Crippen LogP contribution >= 0.6 is 0 Å². The number of furan rings is 1. The first kappa shape index (κ1) is 23.5. The number of rotatable bonds is 7. The van der Waals surface area contributed by atoms with Crippen LogP contribution in [0.2, 0.25) is 0 Å². The summed E-state index contributed by atoms with van der Waals surface area (Å²) in [5, 5.41) is 0.852. The molecule has 0 N–H and O–H groups in total. The smallest absolute Gasteiger partial charge is 0.290 e. The van der Waals surface area contributed by atoms with E-state index in [4.69, 9.17) is 9.15 Å². The van der Waals surface area contributed by atoms with Crippen LogP contribution in [0.4, 0.5) is 0 Å². The van der Waals surface area contributed by atoms with Crippen molar-refractivity contribution < 1.29 is 22.4 Å². The molecule has 0 radical (unpaired) electrons. The number of hydrogen-bond donors (Lipinski definition) is 0. The molecule has 1 fully saturated rings. The first-order valence-corrected chi connectivity index (χ1v) is 12.7. The molecule has 7 nitrogen and oxygen atoms in total. The number of benzene rings is 2. The molecule has 0 bridgehead atoms. The standard InChI is InChI=1S/C25H30N2O5S/c1-4-18(2)19-9-11-20(12-10-19)33(29,30)27-15-13-26(14-16-27)25(28)24-22(17-31-3)21-7-5-6-8-23(21)32-24/h5-12,18H,4,13-17H2,1-3H3. The van der Waals surface area contributed by atoms with Crippen LogP contribution in [0.5, 0.6) is 0 Å². The Balaban J connectivity index is 1.48. The Morgan fingerprint density at radius 1 is 1.06 bits per heavy atom. The molecule has 1 atom stereocenters. The quantitative estimate of drug-likeness (QED) is 0.516. The van der Waals surface area contributed by atoms with Crippen molar-refractivity contribution in [2.45, 2.75) is 37.7 Å². The number of methoxy groups -OCH3 is 1. The molecule has 8 heteroatoms. The van der Waals surface area contributed by atoms with E-state index in [9.17, 15) is 13.2 Å². The number of hydrogen-bond acceptors (Lipinski definition) is 5. The summed E-state index contributed by atoms with van der Waals surface area (Å²) in [6, 6.07) is 14.6. The summed E-state index contributed by atoms with van der Waals surface area (Å²) >= 11 is 0. The minimum absolute atomic E-state index is 0.237. The van der Waals surface area contributed by atoms with E-state index in [1.165, 1.54) is 4.31 Å². The van der Waals surface area contributed by atoms with Crippen molar-refractivity contribution in [2.75, 3.05) is 33.3 Å². The summed E-state index contributed by atoms with van der Waals surface area (Å²) in [5.41, 5.74) is 2.48. The highest BCUT2D eigenvalue weighted by Gasteiger charge is 2.32. The van der Waals surface area contributed by atoms with E-state index in [2.05, 4.69) is 13.8 Å². The lowest BCUT2D eigenvalue weighted by molar-refractivity contribution is 0.0662. The normalized spacial score (nSPS) is 16.3. The maximum absolute atomic E-state index is 13.2. The van der Waals surface area contributed by atoms with E-state index in [0.29, 0.717) is 24.6 Å². The van der Waals surface area contributed by atoms with Crippen LogP contribution in [-0.4, -0.2) is 56.8 Å². The summed E-state index contributed by atoms with van der Waals surface area (Å²) in [5.74, 6) is 0.403. The highest BCUT2D eigenvalue weighted by molar-refractivity contribution is 7.89. The average Bonchev–Trinajstić information content (AvgIpc) is 3.22. The first-order valence-electron chi connectivity index (χ1n) is 11.3. The van der Waals surface area contributed by atoms with E-state index < -0.39 is 10.0 Å². The summed E-state index contributed by atoms with van der Waals surface area (Å²) in [6.45, 7) is 5.57. The lowest BCUT2D eigenvalue weighted by Crippen LogP contribution is -2.50. The number of piperazine rings is 1. The lowest BCUT2D eigenvalue weighted by Gasteiger charge is -2.33. The van der Waals surface area contributed by atoms with Crippen molar-refractivity contribution in [1.29, 1.82) is 0 Å². The van der Waals surface area contributed by atoms with Gasteiger partial charge in [-0.05, 0) is 36.1 Å². The molecule has 33 heavy (non-hydrogen) atoms. The molecule has 1 amide bonds. The van der Waals surface area contributed by atoms with Gasteiger partial charge in [-0.15, -0.1) is 0 Å². The van der Waals surface area contributed by atoms with Gasteiger partial charge in [-0.25, -0.2) is 8.42 Å². The van der Waals surface area contributed by atoms with Gasteiger partial charge in [-0.1, -0.05) is 44.2 Å². The zero-order chi connectivity index (χ0) is 23.6.